The fourth-order valence-electron chi connectivity index (χ4n) is 1.95. The van der Waals surface area contributed by atoms with Gasteiger partial charge in [-0.15, -0.1) is 0 Å². The molecule has 1 atom stereocenters. The van der Waals surface area contributed by atoms with Crippen LogP contribution < -0.4 is 10.6 Å². The molecule has 0 unspecified atom stereocenters. The van der Waals surface area contributed by atoms with Crippen LogP contribution in [0.5, 0.6) is 0 Å². The number of nitriles is 1. The van der Waals surface area contributed by atoms with Gasteiger partial charge >= 0.3 is 6.09 Å². The van der Waals surface area contributed by atoms with Crippen molar-refractivity contribution in [3.8, 4) is 6.07 Å². The predicted molar refractivity (Wildman–Crippen MR) is 77.7 cm³/mol. The highest BCUT2D eigenvalue weighted by Gasteiger charge is 2.17. The Hall–Kier alpha value is -2.55. The molecule has 1 rings (SSSR count). The van der Waals surface area contributed by atoms with Crippen LogP contribution in [0.15, 0.2) is 24.3 Å². The Balaban J connectivity index is 2.70. The summed E-state index contributed by atoms with van der Waals surface area (Å²) in [7, 11) is 0. The zero-order valence-corrected chi connectivity index (χ0v) is 12.1. The van der Waals surface area contributed by atoms with E-state index in [9.17, 15) is 9.59 Å². The smallest absolute Gasteiger partial charge is 0.404 e. The van der Waals surface area contributed by atoms with E-state index in [-0.39, 0.29) is 18.4 Å². The van der Waals surface area contributed by atoms with E-state index in [1.54, 1.807) is 24.3 Å². The van der Waals surface area contributed by atoms with Gasteiger partial charge < -0.3 is 15.7 Å². The molecule has 1 aromatic carbocycles. The number of carboxylic acid groups (broad SMARTS) is 1. The van der Waals surface area contributed by atoms with Gasteiger partial charge in [0, 0.05) is 18.5 Å². The molecule has 0 aliphatic rings. The highest BCUT2D eigenvalue weighted by molar-refractivity contribution is 5.77. The molecule has 0 fully saturated rings. The van der Waals surface area contributed by atoms with Gasteiger partial charge in [-0.25, -0.2) is 4.79 Å². The summed E-state index contributed by atoms with van der Waals surface area (Å²) in [6.07, 6.45) is -0.695. The largest absolute Gasteiger partial charge is 0.465 e. The van der Waals surface area contributed by atoms with Gasteiger partial charge in [-0.05, 0) is 38.0 Å². The molecule has 2 amide bonds. The maximum Gasteiger partial charge on any atom is 0.404 e. The summed E-state index contributed by atoms with van der Waals surface area (Å²) < 4.78 is 0. The molecule has 3 N–H and O–H groups in total. The number of hydrogen-bond acceptors (Lipinski definition) is 3. The SMILES string of the molecule is CC(C)NC(=O)C[C@@H](Cc1ccc(C#N)cc1)NC(=O)O. The fraction of sp³-hybridized carbons (Fsp3) is 0.400. The number of nitrogens with zero attached hydrogens (tertiary/aromatic N) is 1. The van der Waals surface area contributed by atoms with Crippen molar-refractivity contribution >= 4 is 12.0 Å². The fourth-order valence-corrected chi connectivity index (χ4v) is 1.95. The Labute approximate surface area is 123 Å². The van der Waals surface area contributed by atoms with Crippen molar-refractivity contribution in [1.29, 1.82) is 5.26 Å². The standard InChI is InChI=1S/C15H19N3O3/c1-10(2)17-14(19)8-13(18-15(20)21)7-11-3-5-12(9-16)6-4-11/h3-6,10,13,18H,7-8H2,1-2H3,(H,17,19)(H,20,21)/t13-/m1/s1. The van der Waals surface area contributed by atoms with Crippen LogP contribution >= 0.6 is 0 Å². The summed E-state index contributed by atoms with van der Waals surface area (Å²) in [5, 5.41) is 22.7. The van der Waals surface area contributed by atoms with Crippen LogP contribution in [0, 0.1) is 11.3 Å². The summed E-state index contributed by atoms with van der Waals surface area (Å²) >= 11 is 0. The zero-order chi connectivity index (χ0) is 15.8. The Morgan fingerprint density at radius 3 is 2.33 bits per heavy atom. The van der Waals surface area contributed by atoms with Crippen molar-refractivity contribution in [2.75, 3.05) is 0 Å². The number of carbonyl (C=O) groups is 2. The number of benzene rings is 1. The summed E-state index contributed by atoms with van der Waals surface area (Å²) in [4.78, 5) is 22.6. The lowest BCUT2D eigenvalue weighted by atomic mass is 10.0. The van der Waals surface area contributed by atoms with E-state index in [0.717, 1.165) is 5.56 Å². The minimum Gasteiger partial charge on any atom is -0.465 e. The lowest BCUT2D eigenvalue weighted by molar-refractivity contribution is -0.122. The molecule has 0 aromatic heterocycles. The molecular weight excluding hydrogens is 270 g/mol. The average molecular weight is 289 g/mol. The highest BCUT2D eigenvalue weighted by Crippen LogP contribution is 2.08. The summed E-state index contributed by atoms with van der Waals surface area (Å²) in [5.74, 6) is -0.197. The summed E-state index contributed by atoms with van der Waals surface area (Å²) in [6.45, 7) is 3.69. The number of amides is 2. The zero-order valence-electron chi connectivity index (χ0n) is 12.1. The third kappa shape index (κ3) is 6.43. The minimum atomic E-state index is -1.16. The first-order chi connectivity index (χ1) is 9.90. The Kier molecular flexibility index (Phi) is 6.21. The Morgan fingerprint density at radius 2 is 1.86 bits per heavy atom. The van der Waals surface area contributed by atoms with Crippen LogP contribution in [-0.2, 0) is 11.2 Å². The van der Waals surface area contributed by atoms with Crippen molar-refractivity contribution in [2.24, 2.45) is 0 Å². The molecule has 112 valence electrons. The molecule has 6 nitrogen and oxygen atoms in total. The van der Waals surface area contributed by atoms with Gasteiger partial charge in [0.2, 0.25) is 5.91 Å². The molecule has 0 bridgehead atoms. The van der Waals surface area contributed by atoms with E-state index in [0.29, 0.717) is 12.0 Å². The van der Waals surface area contributed by atoms with Crippen LogP contribution in [0.4, 0.5) is 4.79 Å². The molecule has 0 heterocycles. The van der Waals surface area contributed by atoms with Crippen molar-refractivity contribution in [1.82, 2.24) is 10.6 Å². The van der Waals surface area contributed by atoms with E-state index >= 15 is 0 Å². The Bertz CT molecular complexity index is 532. The van der Waals surface area contributed by atoms with E-state index in [1.807, 2.05) is 19.9 Å². The third-order valence-corrected chi connectivity index (χ3v) is 2.77. The second kappa shape index (κ2) is 7.90. The maximum atomic E-state index is 11.7. The average Bonchev–Trinajstić information content (AvgIpc) is 2.37. The van der Waals surface area contributed by atoms with Gasteiger partial charge in [0.1, 0.15) is 0 Å². The molecule has 0 radical (unpaired) electrons. The second-order valence-electron chi connectivity index (χ2n) is 5.09. The van der Waals surface area contributed by atoms with E-state index in [2.05, 4.69) is 10.6 Å². The molecule has 0 saturated carbocycles. The number of rotatable bonds is 6. The monoisotopic (exact) mass is 289 g/mol. The molecule has 0 spiro atoms. The Morgan fingerprint density at radius 1 is 1.24 bits per heavy atom. The van der Waals surface area contributed by atoms with Gasteiger partial charge in [-0.2, -0.15) is 5.26 Å². The van der Waals surface area contributed by atoms with Crippen LogP contribution in [0.1, 0.15) is 31.4 Å². The first-order valence-corrected chi connectivity index (χ1v) is 6.68. The van der Waals surface area contributed by atoms with Gasteiger partial charge in [-0.3, -0.25) is 4.79 Å². The topological polar surface area (TPSA) is 102 Å². The van der Waals surface area contributed by atoms with E-state index in [1.165, 1.54) is 0 Å². The van der Waals surface area contributed by atoms with Crippen molar-refractivity contribution in [2.45, 2.75) is 38.8 Å². The van der Waals surface area contributed by atoms with Gasteiger partial charge in [0.15, 0.2) is 0 Å². The number of nitrogens with one attached hydrogen (secondary N) is 2. The van der Waals surface area contributed by atoms with Crippen LogP contribution in [0.2, 0.25) is 0 Å². The van der Waals surface area contributed by atoms with Crippen LogP contribution in [-0.4, -0.2) is 29.2 Å². The molecule has 0 saturated heterocycles. The third-order valence-electron chi connectivity index (χ3n) is 2.77. The predicted octanol–water partition coefficient (Wildman–Crippen LogP) is 1.65. The molecule has 1 aromatic rings. The van der Waals surface area contributed by atoms with Gasteiger partial charge in [0.05, 0.1) is 11.6 Å². The molecular formula is C15H19N3O3. The first kappa shape index (κ1) is 16.5. The second-order valence-corrected chi connectivity index (χ2v) is 5.09. The van der Waals surface area contributed by atoms with Crippen molar-refractivity contribution < 1.29 is 14.7 Å². The molecule has 6 heteroatoms. The maximum absolute atomic E-state index is 11.7. The lowest BCUT2D eigenvalue weighted by Gasteiger charge is -2.18. The molecule has 0 aliphatic carbocycles. The lowest BCUT2D eigenvalue weighted by Crippen LogP contribution is -2.41. The molecule has 21 heavy (non-hydrogen) atoms. The van der Waals surface area contributed by atoms with E-state index in [4.69, 9.17) is 10.4 Å². The molecule has 0 aliphatic heterocycles. The summed E-state index contributed by atoms with van der Waals surface area (Å²) in [6, 6.07) is 8.38. The van der Waals surface area contributed by atoms with E-state index < -0.39 is 12.1 Å². The van der Waals surface area contributed by atoms with Crippen LogP contribution in [0.25, 0.3) is 0 Å². The summed E-state index contributed by atoms with van der Waals surface area (Å²) in [5.41, 5.74) is 1.41. The van der Waals surface area contributed by atoms with Gasteiger partial charge in [0.25, 0.3) is 0 Å². The quantitative estimate of drug-likeness (QED) is 0.741. The number of hydrogen-bond donors (Lipinski definition) is 3. The normalized spacial score (nSPS) is 11.5. The minimum absolute atomic E-state index is 0.0119. The highest BCUT2D eigenvalue weighted by atomic mass is 16.4. The first-order valence-electron chi connectivity index (χ1n) is 6.68. The van der Waals surface area contributed by atoms with Crippen molar-refractivity contribution in [3.05, 3.63) is 35.4 Å². The number of carbonyl (C=O) groups excluding carboxylic acids is 1. The van der Waals surface area contributed by atoms with Crippen LogP contribution in [0.3, 0.4) is 0 Å². The van der Waals surface area contributed by atoms with Gasteiger partial charge in [-0.1, -0.05) is 12.1 Å². The van der Waals surface area contributed by atoms with Crippen molar-refractivity contribution in [3.63, 3.8) is 0 Å².